The van der Waals surface area contributed by atoms with Crippen LogP contribution in [0.25, 0.3) is 0 Å². The van der Waals surface area contributed by atoms with E-state index in [0.717, 1.165) is 11.1 Å². The van der Waals surface area contributed by atoms with Gasteiger partial charge in [-0.05, 0) is 17.0 Å². The average Bonchev–Trinajstić information content (AvgIpc) is 2.80. The number of hydrogen-bond donors (Lipinski definition) is 1. The summed E-state index contributed by atoms with van der Waals surface area (Å²) in [6.45, 7) is 4.43. The molecule has 0 aromatic heterocycles. The maximum Gasteiger partial charge on any atom is 0.409 e. The molecule has 0 bridgehead atoms. The van der Waals surface area contributed by atoms with E-state index in [1.165, 1.54) is 14.7 Å². The van der Waals surface area contributed by atoms with E-state index in [4.69, 9.17) is 4.74 Å². The Balaban J connectivity index is 1.55. The highest BCUT2D eigenvalue weighted by molar-refractivity contribution is 5.96. The summed E-state index contributed by atoms with van der Waals surface area (Å²) in [6, 6.07) is 17.7. The number of carbonyl (C=O) groups is 3. The molecule has 1 unspecified atom stereocenters. The Labute approximate surface area is 199 Å². The lowest BCUT2D eigenvalue weighted by atomic mass is 9.82. The van der Waals surface area contributed by atoms with Crippen molar-refractivity contribution in [3.05, 3.63) is 71.8 Å². The molecule has 0 spiro atoms. The Morgan fingerprint density at radius 2 is 1.56 bits per heavy atom. The van der Waals surface area contributed by atoms with E-state index < -0.39 is 17.7 Å². The molecule has 34 heavy (non-hydrogen) atoms. The van der Waals surface area contributed by atoms with E-state index in [1.54, 1.807) is 0 Å². The maximum absolute atomic E-state index is 13.6. The van der Waals surface area contributed by atoms with Crippen LogP contribution in [0, 0.1) is 5.92 Å². The lowest BCUT2D eigenvalue weighted by Crippen LogP contribution is -2.77. The predicted molar refractivity (Wildman–Crippen MR) is 125 cm³/mol. The number of β-amino-alcohol motifs (C(OH)–C–C–N with tert-alkyl or cyclic N) is 1. The van der Waals surface area contributed by atoms with Crippen LogP contribution in [-0.4, -0.2) is 75.6 Å². The second-order valence-electron chi connectivity index (χ2n) is 9.52. The van der Waals surface area contributed by atoms with Crippen molar-refractivity contribution in [2.75, 3.05) is 26.2 Å². The molecule has 1 N–H and O–H groups in total. The van der Waals surface area contributed by atoms with Crippen LogP contribution in [0.3, 0.4) is 0 Å². The van der Waals surface area contributed by atoms with Crippen LogP contribution >= 0.6 is 0 Å². The molecule has 1 atom stereocenters. The number of aliphatic hydroxyl groups is 1. The molecule has 2 heterocycles. The first-order valence-corrected chi connectivity index (χ1v) is 11.6. The molecule has 2 aromatic rings. The molecule has 180 valence electrons. The van der Waals surface area contributed by atoms with Gasteiger partial charge in [0.1, 0.15) is 18.2 Å². The van der Waals surface area contributed by atoms with Gasteiger partial charge in [-0.15, -0.1) is 0 Å². The first-order valence-electron chi connectivity index (χ1n) is 11.6. The first-order chi connectivity index (χ1) is 16.3. The van der Waals surface area contributed by atoms with Crippen molar-refractivity contribution in [1.29, 1.82) is 0 Å². The largest absolute Gasteiger partial charge is 0.449 e. The minimum atomic E-state index is -1.55. The van der Waals surface area contributed by atoms with Crippen LogP contribution in [0.5, 0.6) is 0 Å². The molecule has 2 aliphatic rings. The zero-order chi connectivity index (χ0) is 24.3. The van der Waals surface area contributed by atoms with Gasteiger partial charge in [0.2, 0.25) is 11.8 Å². The summed E-state index contributed by atoms with van der Waals surface area (Å²) in [7, 11) is 0. The Hall–Kier alpha value is -3.39. The fourth-order valence-corrected chi connectivity index (χ4v) is 4.45. The van der Waals surface area contributed by atoms with E-state index in [2.05, 4.69) is 0 Å². The van der Waals surface area contributed by atoms with Crippen molar-refractivity contribution in [3.8, 4) is 0 Å². The lowest BCUT2D eigenvalue weighted by molar-refractivity contribution is -0.185. The molecule has 2 aliphatic heterocycles. The van der Waals surface area contributed by atoms with Gasteiger partial charge in [0.25, 0.3) is 0 Å². The number of amides is 3. The fourth-order valence-electron chi connectivity index (χ4n) is 4.45. The van der Waals surface area contributed by atoms with E-state index >= 15 is 0 Å². The minimum absolute atomic E-state index is 0.0622. The predicted octanol–water partition coefficient (Wildman–Crippen LogP) is 2.27. The highest BCUT2D eigenvalue weighted by Gasteiger charge is 2.58. The summed E-state index contributed by atoms with van der Waals surface area (Å²) in [4.78, 5) is 43.5. The van der Waals surface area contributed by atoms with Gasteiger partial charge in [0.15, 0.2) is 0 Å². The number of hydrogen-bond acceptors (Lipinski definition) is 5. The topological polar surface area (TPSA) is 90.4 Å². The number of carbonyl (C=O) groups excluding carboxylic acids is 3. The monoisotopic (exact) mass is 465 g/mol. The lowest BCUT2D eigenvalue weighted by Gasteiger charge is -2.54. The molecular formula is C26H31N3O5. The van der Waals surface area contributed by atoms with Crippen LogP contribution in [0.4, 0.5) is 4.79 Å². The molecule has 2 aromatic carbocycles. The van der Waals surface area contributed by atoms with Gasteiger partial charge < -0.3 is 24.5 Å². The number of nitrogens with zero attached hydrogens (tertiary/aromatic N) is 3. The second-order valence-corrected chi connectivity index (χ2v) is 9.52. The van der Waals surface area contributed by atoms with Crippen molar-refractivity contribution in [2.45, 2.75) is 38.6 Å². The van der Waals surface area contributed by atoms with Crippen LogP contribution in [0.1, 0.15) is 25.0 Å². The van der Waals surface area contributed by atoms with Gasteiger partial charge in [0, 0.05) is 13.1 Å². The zero-order valence-electron chi connectivity index (χ0n) is 19.6. The molecule has 2 saturated heterocycles. The van der Waals surface area contributed by atoms with Crippen LogP contribution < -0.4 is 0 Å². The van der Waals surface area contributed by atoms with Gasteiger partial charge in [-0.3, -0.25) is 9.59 Å². The number of piperazine rings is 1. The number of ether oxygens (including phenoxy) is 1. The third-order valence-electron chi connectivity index (χ3n) is 6.15. The Morgan fingerprint density at radius 3 is 2.12 bits per heavy atom. The zero-order valence-corrected chi connectivity index (χ0v) is 19.6. The summed E-state index contributed by atoms with van der Waals surface area (Å²) in [5.74, 6) is -0.370. The maximum atomic E-state index is 13.6. The van der Waals surface area contributed by atoms with Gasteiger partial charge in [-0.25, -0.2) is 4.79 Å². The van der Waals surface area contributed by atoms with E-state index in [1.807, 2.05) is 74.5 Å². The molecule has 0 radical (unpaired) electrons. The van der Waals surface area contributed by atoms with Gasteiger partial charge in [-0.2, -0.15) is 0 Å². The standard InChI is InChI=1S/C26H31N3O5/c1-19(2)16-34-25(32)28-17-26(33,18-28)23-24(31)27(13-20-9-5-3-6-10-20)15-22(30)29(23)14-21-11-7-4-8-12-21/h3-12,19,23,33H,13-18H2,1-2H3. The molecule has 0 aliphatic carbocycles. The van der Waals surface area contributed by atoms with Gasteiger partial charge in [-0.1, -0.05) is 74.5 Å². The second kappa shape index (κ2) is 9.85. The smallest absolute Gasteiger partial charge is 0.409 e. The molecule has 4 rings (SSSR count). The molecular weight excluding hydrogens is 434 g/mol. The van der Waals surface area contributed by atoms with E-state index in [9.17, 15) is 19.5 Å². The average molecular weight is 466 g/mol. The SMILES string of the molecule is CC(C)COC(=O)N1CC(O)(C2C(=O)N(Cc3ccccc3)CC(=O)N2Cc2ccccc2)C1. The summed E-state index contributed by atoms with van der Waals surface area (Å²) in [6.07, 6.45) is -0.524. The third kappa shape index (κ3) is 5.07. The van der Waals surface area contributed by atoms with Crippen LogP contribution in [0.2, 0.25) is 0 Å². The van der Waals surface area contributed by atoms with Crippen molar-refractivity contribution in [2.24, 2.45) is 5.92 Å². The highest BCUT2D eigenvalue weighted by Crippen LogP contribution is 2.33. The quantitative estimate of drug-likeness (QED) is 0.678. The Bertz CT molecular complexity index is 1020. The fraction of sp³-hybridized carbons (Fsp3) is 0.423. The molecule has 8 nitrogen and oxygen atoms in total. The van der Waals surface area contributed by atoms with Crippen molar-refractivity contribution in [1.82, 2.24) is 14.7 Å². The molecule has 8 heteroatoms. The Kier molecular flexibility index (Phi) is 6.88. The molecule has 2 fully saturated rings. The molecule has 0 saturated carbocycles. The third-order valence-corrected chi connectivity index (χ3v) is 6.15. The van der Waals surface area contributed by atoms with Gasteiger partial charge >= 0.3 is 6.09 Å². The summed E-state index contributed by atoms with van der Waals surface area (Å²) in [5, 5.41) is 11.5. The minimum Gasteiger partial charge on any atom is -0.449 e. The summed E-state index contributed by atoms with van der Waals surface area (Å²) >= 11 is 0. The molecule has 3 amide bonds. The van der Waals surface area contributed by atoms with Crippen molar-refractivity contribution >= 4 is 17.9 Å². The summed E-state index contributed by atoms with van der Waals surface area (Å²) in [5.41, 5.74) is 0.216. The van der Waals surface area contributed by atoms with Crippen LogP contribution in [-0.2, 0) is 27.4 Å². The van der Waals surface area contributed by atoms with Gasteiger partial charge in [0.05, 0.1) is 19.7 Å². The van der Waals surface area contributed by atoms with Crippen LogP contribution in [0.15, 0.2) is 60.7 Å². The number of benzene rings is 2. The van der Waals surface area contributed by atoms with Crippen molar-refractivity contribution in [3.63, 3.8) is 0 Å². The number of rotatable bonds is 7. The van der Waals surface area contributed by atoms with E-state index in [-0.39, 0.29) is 57.1 Å². The Morgan fingerprint density at radius 1 is 1.00 bits per heavy atom. The van der Waals surface area contributed by atoms with E-state index in [0.29, 0.717) is 0 Å². The highest BCUT2D eigenvalue weighted by atomic mass is 16.6. The first kappa shape index (κ1) is 23.8. The summed E-state index contributed by atoms with van der Waals surface area (Å²) < 4.78 is 5.26. The normalized spacial score (nSPS) is 19.9. The van der Waals surface area contributed by atoms with Crippen molar-refractivity contribution < 1.29 is 24.2 Å². The number of likely N-dealkylation sites (tertiary alicyclic amines) is 1.